The lowest BCUT2D eigenvalue weighted by atomic mass is 10.0. The first-order valence-corrected chi connectivity index (χ1v) is 5.99. The third-order valence-electron chi connectivity index (χ3n) is 3.04. The predicted octanol–water partition coefficient (Wildman–Crippen LogP) is 0.825. The number of aliphatic carboxylic acids is 1. The van der Waals surface area contributed by atoms with Crippen molar-refractivity contribution in [3.05, 3.63) is 0 Å². The van der Waals surface area contributed by atoms with Gasteiger partial charge in [0.1, 0.15) is 6.54 Å². The van der Waals surface area contributed by atoms with E-state index in [9.17, 15) is 9.59 Å². The molecule has 5 nitrogen and oxygen atoms in total. The zero-order valence-corrected chi connectivity index (χ0v) is 10.8. The van der Waals surface area contributed by atoms with Crippen LogP contribution in [-0.4, -0.2) is 40.0 Å². The molecule has 1 fully saturated rings. The van der Waals surface area contributed by atoms with Gasteiger partial charge in [-0.15, -0.1) is 0 Å². The van der Waals surface area contributed by atoms with Crippen molar-refractivity contribution in [3.8, 4) is 0 Å². The van der Waals surface area contributed by atoms with E-state index in [1.54, 1.807) is 0 Å². The average Bonchev–Trinajstić information content (AvgIpc) is 2.94. The zero-order valence-electron chi connectivity index (χ0n) is 10.8. The highest BCUT2D eigenvalue weighted by Crippen LogP contribution is 2.33. The Morgan fingerprint density at radius 1 is 1.41 bits per heavy atom. The Bertz CT molecular complexity index is 305. The molecule has 1 aliphatic rings. The van der Waals surface area contributed by atoms with E-state index in [0.717, 1.165) is 12.8 Å². The van der Waals surface area contributed by atoms with Crippen molar-refractivity contribution in [2.45, 2.75) is 51.6 Å². The number of hydrogen-bond donors (Lipinski definition) is 2. The van der Waals surface area contributed by atoms with Crippen LogP contribution in [0.4, 0.5) is 0 Å². The number of carbonyl (C=O) groups is 2. The second-order valence-corrected chi connectivity index (χ2v) is 5.75. The minimum Gasteiger partial charge on any atom is -0.480 e. The van der Waals surface area contributed by atoms with Gasteiger partial charge in [-0.2, -0.15) is 0 Å². The summed E-state index contributed by atoms with van der Waals surface area (Å²) in [6.45, 7) is 5.23. The summed E-state index contributed by atoms with van der Waals surface area (Å²) in [5.41, 5.74) is 5.41. The highest BCUT2D eigenvalue weighted by molar-refractivity contribution is 5.82. The van der Waals surface area contributed by atoms with E-state index in [-0.39, 0.29) is 24.9 Å². The quantitative estimate of drug-likeness (QED) is 0.747. The van der Waals surface area contributed by atoms with E-state index in [4.69, 9.17) is 10.8 Å². The summed E-state index contributed by atoms with van der Waals surface area (Å²) in [5, 5.41) is 8.83. The van der Waals surface area contributed by atoms with Gasteiger partial charge in [0.15, 0.2) is 0 Å². The fourth-order valence-electron chi connectivity index (χ4n) is 1.84. The maximum Gasteiger partial charge on any atom is 0.323 e. The van der Waals surface area contributed by atoms with Gasteiger partial charge in [0, 0.05) is 18.0 Å². The molecule has 0 bridgehead atoms. The molecule has 0 aromatic carbocycles. The van der Waals surface area contributed by atoms with Crippen molar-refractivity contribution in [3.63, 3.8) is 0 Å². The monoisotopic (exact) mass is 242 g/mol. The lowest BCUT2D eigenvalue weighted by molar-refractivity contribution is -0.148. The minimum atomic E-state index is -0.992. The van der Waals surface area contributed by atoms with Gasteiger partial charge in [-0.1, -0.05) is 0 Å². The van der Waals surface area contributed by atoms with Crippen molar-refractivity contribution < 1.29 is 14.7 Å². The van der Waals surface area contributed by atoms with Crippen molar-refractivity contribution >= 4 is 11.9 Å². The third-order valence-corrected chi connectivity index (χ3v) is 3.04. The van der Waals surface area contributed by atoms with E-state index in [0.29, 0.717) is 5.92 Å². The number of rotatable bonds is 5. The molecule has 5 heteroatoms. The maximum absolute atomic E-state index is 12.1. The molecule has 98 valence electrons. The van der Waals surface area contributed by atoms with Gasteiger partial charge in [0.25, 0.3) is 0 Å². The van der Waals surface area contributed by atoms with Gasteiger partial charge in [0.2, 0.25) is 5.91 Å². The van der Waals surface area contributed by atoms with E-state index >= 15 is 0 Å². The molecule has 1 saturated carbocycles. The number of nitrogens with zero attached hydrogens (tertiary/aromatic N) is 1. The van der Waals surface area contributed by atoms with Gasteiger partial charge in [-0.3, -0.25) is 9.59 Å². The second-order valence-electron chi connectivity index (χ2n) is 5.75. The molecule has 0 saturated heterocycles. The number of hydrogen-bond acceptors (Lipinski definition) is 3. The van der Waals surface area contributed by atoms with Crippen molar-refractivity contribution in [1.82, 2.24) is 4.90 Å². The fourth-order valence-corrected chi connectivity index (χ4v) is 1.84. The topological polar surface area (TPSA) is 83.6 Å². The summed E-state index contributed by atoms with van der Waals surface area (Å²) in [6.07, 6.45) is 2.42. The van der Waals surface area contributed by atoms with E-state index < -0.39 is 11.5 Å². The molecule has 0 heterocycles. The Morgan fingerprint density at radius 2 is 1.94 bits per heavy atom. The number of nitrogens with two attached hydrogens (primary N) is 1. The first-order chi connectivity index (χ1) is 7.71. The second kappa shape index (κ2) is 5.04. The first kappa shape index (κ1) is 14.0. The Kier molecular flexibility index (Phi) is 4.14. The first-order valence-electron chi connectivity index (χ1n) is 5.99. The molecule has 0 aliphatic heterocycles. The van der Waals surface area contributed by atoms with Gasteiger partial charge in [-0.25, -0.2) is 0 Å². The Morgan fingerprint density at radius 3 is 2.29 bits per heavy atom. The molecular weight excluding hydrogens is 220 g/mol. The molecule has 1 rings (SSSR count). The normalized spacial score (nSPS) is 17.6. The zero-order chi connectivity index (χ0) is 13.2. The molecule has 1 atom stereocenters. The molecular formula is C12H22N2O3. The van der Waals surface area contributed by atoms with Crippen LogP contribution >= 0.6 is 0 Å². The summed E-state index contributed by atoms with van der Waals surface area (Å²) in [7, 11) is 0. The highest BCUT2D eigenvalue weighted by atomic mass is 16.4. The largest absolute Gasteiger partial charge is 0.480 e. The van der Waals surface area contributed by atoms with Crippen molar-refractivity contribution in [2.75, 3.05) is 6.54 Å². The summed E-state index contributed by atoms with van der Waals surface area (Å²) < 4.78 is 0. The van der Waals surface area contributed by atoms with Crippen LogP contribution in [0.3, 0.4) is 0 Å². The van der Waals surface area contributed by atoms with Crippen LogP contribution in [0.15, 0.2) is 0 Å². The highest BCUT2D eigenvalue weighted by Gasteiger charge is 2.34. The van der Waals surface area contributed by atoms with Crippen LogP contribution in [0, 0.1) is 5.92 Å². The van der Waals surface area contributed by atoms with Gasteiger partial charge in [0.05, 0.1) is 0 Å². The van der Waals surface area contributed by atoms with Crippen LogP contribution in [-0.2, 0) is 9.59 Å². The van der Waals surface area contributed by atoms with E-state index in [2.05, 4.69) is 0 Å². The summed E-state index contributed by atoms with van der Waals surface area (Å²) in [5.74, 6) is -0.710. The lowest BCUT2D eigenvalue weighted by Crippen LogP contribution is -2.49. The SMILES string of the molecule is CC(C)(C)N(CC(=O)O)C(=O)CC(N)C1CC1. The molecule has 1 aliphatic carbocycles. The summed E-state index contributed by atoms with van der Waals surface area (Å²) in [4.78, 5) is 24.2. The van der Waals surface area contributed by atoms with Crippen LogP contribution in [0.25, 0.3) is 0 Å². The predicted molar refractivity (Wildman–Crippen MR) is 64.4 cm³/mol. The Labute approximate surface area is 102 Å². The van der Waals surface area contributed by atoms with E-state index in [1.807, 2.05) is 20.8 Å². The standard InChI is InChI=1S/C12H22N2O3/c1-12(2,3)14(7-11(16)17)10(15)6-9(13)8-4-5-8/h8-9H,4-7,13H2,1-3H3,(H,16,17). The van der Waals surface area contributed by atoms with Crippen LogP contribution < -0.4 is 5.73 Å². The third kappa shape index (κ3) is 4.34. The van der Waals surface area contributed by atoms with Gasteiger partial charge >= 0.3 is 5.97 Å². The molecule has 0 spiro atoms. The van der Waals surface area contributed by atoms with Crippen LogP contribution in [0.1, 0.15) is 40.0 Å². The van der Waals surface area contributed by atoms with Crippen LogP contribution in [0.5, 0.6) is 0 Å². The number of amides is 1. The molecule has 1 unspecified atom stereocenters. The van der Waals surface area contributed by atoms with Crippen molar-refractivity contribution in [1.29, 1.82) is 0 Å². The molecule has 0 aromatic heterocycles. The molecule has 0 radical (unpaired) electrons. The molecule has 17 heavy (non-hydrogen) atoms. The Balaban J connectivity index is 2.61. The van der Waals surface area contributed by atoms with Crippen LogP contribution in [0.2, 0.25) is 0 Å². The number of carboxylic acids is 1. The maximum atomic E-state index is 12.1. The fraction of sp³-hybridized carbons (Fsp3) is 0.833. The summed E-state index contributed by atoms with van der Waals surface area (Å²) >= 11 is 0. The molecule has 3 N–H and O–H groups in total. The average molecular weight is 242 g/mol. The van der Waals surface area contributed by atoms with Gasteiger partial charge < -0.3 is 15.7 Å². The van der Waals surface area contributed by atoms with Crippen molar-refractivity contribution in [2.24, 2.45) is 11.7 Å². The smallest absolute Gasteiger partial charge is 0.323 e. The summed E-state index contributed by atoms with van der Waals surface area (Å²) in [6, 6.07) is -0.124. The molecule has 1 amide bonds. The number of carbonyl (C=O) groups excluding carboxylic acids is 1. The number of carboxylic acid groups (broad SMARTS) is 1. The van der Waals surface area contributed by atoms with Gasteiger partial charge in [-0.05, 0) is 39.5 Å². The lowest BCUT2D eigenvalue weighted by Gasteiger charge is -2.35. The minimum absolute atomic E-state index is 0.124. The molecule has 0 aromatic rings. The Hall–Kier alpha value is -1.10. The van der Waals surface area contributed by atoms with E-state index in [1.165, 1.54) is 4.90 Å².